The highest BCUT2D eigenvalue weighted by molar-refractivity contribution is 6.30. The van der Waals surface area contributed by atoms with Gasteiger partial charge in [0.2, 0.25) is 5.91 Å². The predicted molar refractivity (Wildman–Crippen MR) is 150 cm³/mol. The van der Waals surface area contributed by atoms with E-state index in [1.807, 2.05) is 54.6 Å². The topological polar surface area (TPSA) is 70.7 Å². The summed E-state index contributed by atoms with van der Waals surface area (Å²) in [7, 11) is 0. The zero-order chi connectivity index (χ0) is 25.9. The molecule has 0 aliphatic heterocycles. The first-order valence-corrected chi connectivity index (χ1v) is 13.4. The van der Waals surface area contributed by atoms with Gasteiger partial charge >= 0.3 is 6.03 Å². The number of urea groups is 1. The number of amides is 3. The van der Waals surface area contributed by atoms with Crippen LogP contribution < -0.4 is 20.3 Å². The molecule has 1 aliphatic carbocycles. The molecule has 0 bridgehead atoms. The third kappa shape index (κ3) is 8.53. The standard InChI is InChI=1S/C30H34ClN3O3/c31-24-12-14-25(15-13-24)33-30(36)34(22-6-21-32-29(35)20-11-23-7-4-5-8-23)26-16-18-28(19-17-26)37-27-9-2-1-3-10-27/h1-3,9-10,12-19,23H,4-8,11,20-22H2,(H,32,35)(H,33,36). The predicted octanol–water partition coefficient (Wildman–Crippen LogP) is 7.65. The van der Waals surface area contributed by atoms with E-state index in [-0.39, 0.29) is 11.9 Å². The average molecular weight is 520 g/mol. The van der Waals surface area contributed by atoms with Crippen LogP contribution in [-0.2, 0) is 4.79 Å². The Labute approximate surface area is 224 Å². The van der Waals surface area contributed by atoms with E-state index in [2.05, 4.69) is 10.6 Å². The van der Waals surface area contributed by atoms with Crippen molar-refractivity contribution in [3.8, 4) is 11.5 Å². The van der Waals surface area contributed by atoms with Crippen LogP contribution in [-0.4, -0.2) is 25.0 Å². The summed E-state index contributed by atoms with van der Waals surface area (Å²) in [4.78, 5) is 27.2. The number of rotatable bonds is 11. The Kier molecular flexibility index (Phi) is 9.83. The van der Waals surface area contributed by atoms with E-state index >= 15 is 0 Å². The molecule has 3 aromatic carbocycles. The maximum Gasteiger partial charge on any atom is 0.326 e. The molecule has 0 heterocycles. The third-order valence-electron chi connectivity index (χ3n) is 6.60. The zero-order valence-electron chi connectivity index (χ0n) is 21.0. The number of ether oxygens (including phenoxy) is 1. The van der Waals surface area contributed by atoms with Crippen molar-refractivity contribution in [3.63, 3.8) is 0 Å². The molecule has 1 saturated carbocycles. The number of carbonyl (C=O) groups excluding carboxylic acids is 2. The molecule has 6 nitrogen and oxygen atoms in total. The molecule has 0 radical (unpaired) electrons. The SMILES string of the molecule is O=C(CCC1CCCC1)NCCCN(C(=O)Nc1ccc(Cl)cc1)c1ccc(Oc2ccccc2)cc1. The third-order valence-corrected chi connectivity index (χ3v) is 6.85. The van der Waals surface area contributed by atoms with Gasteiger partial charge in [0.1, 0.15) is 11.5 Å². The molecule has 37 heavy (non-hydrogen) atoms. The number of carbonyl (C=O) groups is 2. The van der Waals surface area contributed by atoms with Crippen LogP contribution in [0.5, 0.6) is 11.5 Å². The van der Waals surface area contributed by atoms with Crippen LogP contribution in [0.2, 0.25) is 5.02 Å². The molecule has 4 rings (SSSR count). The monoisotopic (exact) mass is 519 g/mol. The smallest absolute Gasteiger partial charge is 0.326 e. The van der Waals surface area contributed by atoms with Crippen molar-refractivity contribution < 1.29 is 14.3 Å². The van der Waals surface area contributed by atoms with Crippen LogP contribution in [0.1, 0.15) is 44.9 Å². The minimum atomic E-state index is -0.258. The second-order valence-corrected chi connectivity index (χ2v) is 9.83. The molecule has 7 heteroatoms. The molecule has 0 atom stereocenters. The highest BCUT2D eigenvalue weighted by Gasteiger charge is 2.18. The van der Waals surface area contributed by atoms with E-state index < -0.39 is 0 Å². The molecular formula is C30H34ClN3O3. The lowest BCUT2D eigenvalue weighted by atomic mass is 10.0. The lowest BCUT2D eigenvalue weighted by Gasteiger charge is -2.24. The lowest BCUT2D eigenvalue weighted by Crippen LogP contribution is -2.37. The first kappa shape index (κ1) is 26.6. The summed E-state index contributed by atoms with van der Waals surface area (Å²) >= 11 is 5.98. The van der Waals surface area contributed by atoms with Gasteiger partial charge in [-0.2, -0.15) is 0 Å². The fourth-order valence-corrected chi connectivity index (χ4v) is 4.70. The normalized spacial score (nSPS) is 13.2. The van der Waals surface area contributed by atoms with Crippen LogP contribution >= 0.6 is 11.6 Å². The maximum absolute atomic E-state index is 13.2. The molecule has 1 fully saturated rings. The van der Waals surface area contributed by atoms with Gasteiger partial charge in [-0.1, -0.05) is 55.5 Å². The number of benzene rings is 3. The molecule has 0 spiro atoms. The highest BCUT2D eigenvalue weighted by Crippen LogP contribution is 2.28. The van der Waals surface area contributed by atoms with Crippen molar-refractivity contribution in [3.05, 3.63) is 83.9 Å². The molecule has 0 aromatic heterocycles. The van der Waals surface area contributed by atoms with Crippen molar-refractivity contribution in [2.75, 3.05) is 23.3 Å². The first-order chi connectivity index (χ1) is 18.1. The van der Waals surface area contributed by atoms with Crippen molar-refractivity contribution in [1.29, 1.82) is 0 Å². The second-order valence-electron chi connectivity index (χ2n) is 9.39. The Hall–Kier alpha value is -3.51. The van der Waals surface area contributed by atoms with Crippen LogP contribution in [0.4, 0.5) is 16.2 Å². The van der Waals surface area contributed by atoms with Gasteiger partial charge in [-0.05, 0) is 79.4 Å². The number of para-hydroxylation sites is 1. The Morgan fingerprint density at radius 3 is 2.27 bits per heavy atom. The quantitative estimate of drug-likeness (QED) is 0.255. The molecule has 3 aromatic rings. The first-order valence-electron chi connectivity index (χ1n) is 13.0. The molecule has 0 saturated heterocycles. The van der Waals surface area contributed by atoms with Crippen molar-refractivity contribution in [2.24, 2.45) is 5.92 Å². The van der Waals surface area contributed by atoms with Gasteiger partial charge in [-0.3, -0.25) is 9.69 Å². The summed E-state index contributed by atoms with van der Waals surface area (Å²) in [5.41, 5.74) is 1.39. The van der Waals surface area contributed by atoms with Crippen LogP contribution in [0.25, 0.3) is 0 Å². The number of hydrogen-bond donors (Lipinski definition) is 2. The van der Waals surface area contributed by atoms with Crippen molar-refractivity contribution in [2.45, 2.75) is 44.9 Å². The number of nitrogens with one attached hydrogen (secondary N) is 2. The van der Waals surface area contributed by atoms with E-state index in [1.54, 1.807) is 29.2 Å². The van der Waals surface area contributed by atoms with E-state index in [0.717, 1.165) is 17.9 Å². The number of nitrogens with zero attached hydrogens (tertiary/aromatic N) is 1. The molecule has 2 N–H and O–H groups in total. The summed E-state index contributed by atoms with van der Waals surface area (Å²) in [6.07, 6.45) is 7.26. The Balaban J connectivity index is 1.35. The fourth-order valence-electron chi connectivity index (χ4n) is 4.58. The van der Waals surface area contributed by atoms with Gasteiger partial charge in [0.05, 0.1) is 0 Å². The minimum absolute atomic E-state index is 0.0893. The van der Waals surface area contributed by atoms with Crippen LogP contribution in [0.15, 0.2) is 78.9 Å². The number of hydrogen-bond acceptors (Lipinski definition) is 3. The Bertz CT molecular complexity index is 1130. The van der Waals surface area contributed by atoms with Gasteiger partial charge in [0.25, 0.3) is 0 Å². The molecule has 0 unspecified atom stereocenters. The molecular weight excluding hydrogens is 486 g/mol. The second kappa shape index (κ2) is 13.7. The maximum atomic E-state index is 13.2. The van der Waals surface area contributed by atoms with Crippen molar-refractivity contribution in [1.82, 2.24) is 5.32 Å². The molecule has 3 amide bonds. The molecule has 1 aliphatic rings. The largest absolute Gasteiger partial charge is 0.457 e. The minimum Gasteiger partial charge on any atom is -0.457 e. The van der Waals surface area contributed by atoms with Gasteiger partial charge < -0.3 is 15.4 Å². The van der Waals surface area contributed by atoms with Crippen LogP contribution in [0.3, 0.4) is 0 Å². The number of halogens is 1. The molecule has 194 valence electrons. The lowest BCUT2D eigenvalue weighted by molar-refractivity contribution is -0.121. The summed E-state index contributed by atoms with van der Waals surface area (Å²) in [5.74, 6) is 2.22. The fraction of sp³-hybridized carbons (Fsp3) is 0.333. The average Bonchev–Trinajstić information content (AvgIpc) is 3.44. The van der Waals surface area contributed by atoms with E-state index in [4.69, 9.17) is 16.3 Å². The van der Waals surface area contributed by atoms with E-state index in [1.165, 1.54) is 25.7 Å². The van der Waals surface area contributed by atoms with Gasteiger partial charge in [0, 0.05) is 35.9 Å². The van der Waals surface area contributed by atoms with Crippen LogP contribution in [0, 0.1) is 5.92 Å². The van der Waals surface area contributed by atoms with Crippen molar-refractivity contribution >= 4 is 34.9 Å². The summed E-state index contributed by atoms with van der Waals surface area (Å²) in [5, 5.41) is 6.55. The highest BCUT2D eigenvalue weighted by atomic mass is 35.5. The summed E-state index contributed by atoms with van der Waals surface area (Å²) < 4.78 is 5.89. The summed E-state index contributed by atoms with van der Waals surface area (Å²) in [6.45, 7) is 0.963. The Morgan fingerprint density at radius 1 is 0.892 bits per heavy atom. The van der Waals surface area contributed by atoms with E-state index in [0.29, 0.717) is 48.3 Å². The number of anilines is 2. The summed E-state index contributed by atoms with van der Waals surface area (Å²) in [6, 6.07) is 23.7. The Morgan fingerprint density at radius 2 is 1.57 bits per heavy atom. The van der Waals surface area contributed by atoms with E-state index in [9.17, 15) is 9.59 Å². The van der Waals surface area contributed by atoms with Gasteiger partial charge in [-0.15, -0.1) is 0 Å². The van der Waals surface area contributed by atoms with Gasteiger partial charge in [0.15, 0.2) is 0 Å². The van der Waals surface area contributed by atoms with Gasteiger partial charge in [-0.25, -0.2) is 4.79 Å². The zero-order valence-corrected chi connectivity index (χ0v) is 21.8.